The number of hydrogen-bond acceptors (Lipinski definition) is 3. The van der Waals surface area contributed by atoms with E-state index in [9.17, 15) is 9.59 Å². The van der Waals surface area contributed by atoms with Gasteiger partial charge in [0.1, 0.15) is 5.60 Å². The van der Waals surface area contributed by atoms with Gasteiger partial charge >= 0.3 is 12.1 Å². The van der Waals surface area contributed by atoms with Crippen LogP contribution in [0.2, 0.25) is 0 Å². The number of nitrogens with one attached hydrogen (secondary N) is 1. The van der Waals surface area contributed by atoms with Crippen LogP contribution in [0.25, 0.3) is 0 Å². The Kier molecular flexibility index (Phi) is 4.97. The van der Waals surface area contributed by atoms with E-state index in [4.69, 9.17) is 9.84 Å². The van der Waals surface area contributed by atoms with Gasteiger partial charge in [0, 0.05) is 6.04 Å². The maximum absolute atomic E-state index is 11.6. The Bertz CT molecular complexity index is 381. The first kappa shape index (κ1) is 15.5. The summed E-state index contributed by atoms with van der Waals surface area (Å²) in [7, 11) is 0. The number of carboxylic acid groups (broad SMARTS) is 1. The van der Waals surface area contributed by atoms with Gasteiger partial charge in [-0.3, -0.25) is 4.79 Å². The number of ether oxygens (including phenoxy) is 1. The minimum absolute atomic E-state index is 0.232. The highest BCUT2D eigenvalue weighted by atomic mass is 16.6. The second-order valence-corrected chi connectivity index (χ2v) is 5.96. The molecule has 0 aromatic carbocycles. The summed E-state index contributed by atoms with van der Waals surface area (Å²) in [6, 6.07) is -0.232. The molecular weight excluding hydrogens is 246 g/mol. The van der Waals surface area contributed by atoms with E-state index in [1.807, 2.05) is 13.0 Å². The lowest BCUT2D eigenvalue weighted by atomic mass is 10.0. The van der Waals surface area contributed by atoms with E-state index >= 15 is 0 Å². The van der Waals surface area contributed by atoms with Crippen molar-refractivity contribution in [3.05, 3.63) is 11.6 Å². The summed E-state index contributed by atoms with van der Waals surface area (Å²) >= 11 is 0. The summed E-state index contributed by atoms with van der Waals surface area (Å²) in [4.78, 5) is 22.6. The van der Waals surface area contributed by atoms with Gasteiger partial charge in [0.15, 0.2) is 0 Å². The van der Waals surface area contributed by atoms with E-state index in [1.165, 1.54) is 0 Å². The van der Waals surface area contributed by atoms with Crippen LogP contribution in [0, 0.1) is 5.92 Å². The molecule has 1 aliphatic rings. The van der Waals surface area contributed by atoms with Crippen LogP contribution in [-0.4, -0.2) is 28.8 Å². The van der Waals surface area contributed by atoms with Gasteiger partial charge in [0.2, 0.25) is 0 Å². The van der Waals surface area contributed by atoms with Crippen LogP contribution in [0.3, 0.4) is 0 Å². The number of rotatable bonds is 3. The third kappa shape index (κ3) is 5.32. The smallest absolute Gasteiger partial charge is 0.408 e. The second-order valence-electron chi connectivity index (χ2n) is 5.96. The molecule has 1 fully saturated rings. The fourth-order valence-corrected chi connectivity index (χ4v) is 2.21. The first-order chi connectivity index (χ1) is 8.69. The quantitative estimate of drug-likeness (QED) is 0.772. The molecule has 1 saturated carbocycles. The van der Waals surface area contributed by atoms with E-state index in [1.54, 1.807) is 20.8 Å². The number of amides is 1. The molecule has 0 aromatic heterocycles. The molecule has 1 rings (SSSR count). The van der Waals surface area contributed by atoms with Crippen molar-refractivity contribution in [3.63, 3.8) is 0 Å². The Morgan fingerprint density at radius 2 is 2.11 bits per heavy atom. The Labute approximate surface area is 114 Å². The predicted molar refractivity (Wildman–Crippen MR) is 71.9 cm³/mol. The maximum atomic E-state index is 11.6. The molecule has 0 aliphatic heterocycles. The Morgan fingerprint density at radius 3 is 2.63 bits per heavy atom. The Morgan fingerprint density at radius 1 is 1.47 bits per heavy atom. The summed E-state index contributed by atoms with van der Waals surface area (Å²) in [5.41, 5.74) is 0.365. The lowest BCUT2D eigenvalue weighted by molar-refractivity contribution is -0.140. The highest BCUT2D eigenvalue weighted by Gasteiger charge is 2.27. The van der Waals surface area contributed by atoms with E-state index in [-0.39, 0.29) is 6.04 Å². The van der Waals surface area contributed by atoms with Gasteiger partial charge in [-0.1, -0.05) is 11.6 Å². The highest BCUT2D eigenvalue weighted by Crippen LogP contribution is 2.31. The van der Waals surface area contributed by atoms with Crippen molar-refractivity contribution in [1.82, 2.24) is 5.32 Å². The molecule has 0 radical (unpaired) electrons. The Balaban J connectivity index is 2.57. The van der Waals surface area contributed by atoms with Crippen LogP contribution in [0.4, 0.5) is 4.79 Å². The maximum Gasteiger partial charge on any atom is 0.408 e. The second kappa shape index (κ2) is 6.08. The summed E-state index contributed by atoms with van der Waals surface area (Å²) < 4.78 is 5.15. The number of carbonyl (C=O) groups excluding carboxylic acids is 1. The molecular formula is C14H23NO4. The number of aliphatic carboxylic acids is 1. The number of carboxylic acids is 1. The van der Waals surface area contributed by atoms with Crippen molar-refractivity contribution in [3.8, 4) is 0 Å². The number of alkyl carbamates (subject to hydrolysis) is 1. The molecule has 0 heterocycles. The minimum Gasteiger partial charge on any atom is -0.481 e. The van der Waals surface area contributed by atoms with Crippen molar-refractivity contribution >= 4 is 12.1 Å². The van der Waals surface area contributed by atoms with E-state index < -0.39 is 23.6 Å². The monoisotopic (exact) mass is 269 g/mol. The summed E-state index contributed by atoms with van der Waals surface area (Å²) in [6.07, 6.45) is 3.71. The predicted octanol–water partition coefficient (Wildman–Crippen LogP) is 2.71. The van der Waals surface area contributed by atoms with Crippen LogP contribution in [-0.2, 0) is 9.53 Å². The largest absolute Gasteiger partial charge is 0.481 e. The molecule has 108 valence electrons. The lowest BCUT2D eigenvalue weighted by Crippen LogP contribution is -2.37. The zero-order valence-corrected chi connectivity index (χ0v) is 12.0. The zero-order valence-electron chi connectivity index (χ0n) is 12.0. The third-order valence-corrected chi connectivity index (χ3v) is 2.91. The molecule has 0 spiro atoms. The van der Waals surface area contributed by atoms with Crippen LogP contribution >= 0.6 is 0 Å². The van der Waals surface area contributed by atoms with Crippen LogP contribution < -0.4 is 5.32 Å². The molecule has 0 bridgehead atoms. The molecule has 0 saturated heterocycles. The van der Waals surface area contributed by atoms with Gasteiger partial charge in [-0.15, -0.1) is 0 Å². The normalized spacial score (nSPS) is 23.2. The van der Waals surface area contributed by atoms with Crippen molar-refractivity contribution in [1.29, 1.82) is 0 Å². The minimum atomic E-state index is -0.784. The molecule has 2 atom stereocenters. The SMILES string of the molecule is C[C@@H](/C=C1/CCC[C@H]1C(=O)O)NC(=O)OC(C)(C)C. The van der Waals surface area contributed by atoms with Crippen LogP contribution in [0.1, 0.15) is 47.0 Å². The Hall–Kier alpha value is -1.52. The van der Waals surface area contributed by atoms with Gasteiger partial charge in [0.05, 0.1) is 5.92 Å². The first-order valence-corrected chi connectivity index (χ1v) is 6.62. The molecule has 1 amide bonds. The van der Waals surface area contributed by atoms with Crippen molar-refractivity contribution in [2.24, 2.45) is 5.92 Å². The molecule has 5 heteroatoms. The van der Waals surface area contributed by atoms with Crippen molar-refractivity contribution in [2.75, 3.05) is 0 Å². The van der Waals surface area contributed by atoms with E-state index in [0.29, 0.717) is 6.42 Å². The van der Waals surface area contributed by atoms with Crippen LogP contribution in [0.15, 0.2) is 11.6 Å². The molecule has 0 unspecified atom stereocenters. The number of hydrogen-bond donors (Lipinski definition) is 2. The fraction of sp³-hybridized carbons (Fsp3) is 0.714. The molecule has 0 aromatic rings. The topological polar surface area (TPSA) is 75.6 Å². The lowest BCUT2D eigenvalue weighted by Gasteiger charge is -2.21. The van der Waals surface area contributed by atoms with Gasteiger partial charge in [-0.05, 0) is 47.0 Å². The molecule has 1 aliphatic carbocycles. The van der Waals surface area contributed by atoms with Gasteiger partial charge in [-0.2, -0.15) is 0 Å². The van der Waals surface area contributed by atoms with Gasteiger partial charge in [0.25, 0.3) is 0 Å². The average Bonchev–Trinajstić information content (AvgIpc) is 2.61. The van der Waals surface area contributed by atoms with E-state index in [2.05, 4.69) is 5.32 Å². The van der Waals surface area contributed by atoms with Crippen LogP contribution in [0.5, 0.6) is 0 Å². The molecule has 19 heavy (non-hydrogen) atoms. The first-order valence-electron chi connectivity index (χ1n) is 6.62. The molecule has 5 nitrogen and oxygen atoms in total. The van der Waals surface area contributed by atoms with Gasteiger partial charge in [-0.25, -0.2) is 4.79 Å². The average molecular weight is 269 g/mol. The number of carbonyl (C=O) groups is 2. The van der Waals surface area contributed by atoms with E-state index in [0.717, 1.165) is 18.4 Å². The highest BCUT2D eigenvalue weighted by molar-refractivity contribution is 5.74. The summed E-state index contributed by atoms with van der Waals surface area (Å²) in [6.45, 7) is 7.21. The van der Waals surface area contributed by atoms with Crippen molar-refractivity contribution in [2.45, 2.75) is 58.6 Å². The van der Waals surface area contributed by atoms with Crippen molar-refractivity contribution < 1.29 is 19.4 Å². The fourth-order valence-electron chi connectivity index (χ4n) is 2.21. The summed E-state index contributed by atoms with van der Waals surface area (Å²) in [5.74, 6) is -1.18. The zero-order chi connectivity index (χ0) is 14.6. The summed E-state index contributed by atoms with van der Waals surface area (Å²) in [5, 5.41) is 11.8. The van der Waals surface area contributed by atoms with Gasteiger partial charge < -0.3 is 15.2 Å². The molecule has 2 N–H and O–H groups in total. The third-order valence-electron chi connectivity index (χ3n) is 2.91. The standard InChI is InChI=1S/C14H23NO4/c1-9(15-13(18)19-14(2,3)4)8-10-6-5-7-11(10)12(16)17/h8-9,11H,5-7H2,1-4H3,(H,15,18)(H,16,17)/b10-8-/t9-,11+/m0/s1.